The first kappa shape index (κ1) is 33.5. The monoisotopic (exact) mass is 694 g/mol. The van der Waals surface area contributed by atoms with Gasteiger partial charge in [0.2, 0.25) is 0 Å². The zero-order valence-electron chi connectivity index (χ0n) is 26.8. The molecule has 0 radical (unpaired) electrons. The number of fused-ring (bicyclic) bond motifs is 1. The highest BCUT2D eigenvalue weighted by molar-refractivity contribution is 9.10. The summed E-state index contributed by atoms with van der Waals surface area (Å²) in [6, 6.07) is 25.3. The molecule has 0 spiro atoms. The summed E-state index contributed by atoms with van der Waals surface area (Å²) in [5.74, 6) is -1.37. The fraction of sp³-hybridized carbons (Fsp3) is 0.351. The van der Waals surface area contributed by atoms with E-state index in [-0.39, 0.29) is 29.8 Å². The number of halogens is 4. The van der Waals surface area contributed by atoms with Gasteiger partial charge in [-0.3, -0.25) is 4.90 Å². The molecule has 1 unspecified atom stereocenters. The van der Waals surface area contributed by atoms with E-state index in [0.29, 0.717) is 16.6 Å². The van der Waals surface area contributed by atoms with Gasteiger partial charge in [0.15, 0.2) is 0 Å². The first-order valence-corrected chi connectivity index (χ1v) is 18.1. The number of rotatable bonds is 8. The quantitative estimate of drug-likeness (QED) is 0.149. The second kappa shape index (κ2) is 12.7. The first-order valence-electron chi connectivity index (χ1n) is 15.4. The van der Waals surface area contributed by atoms with E-state index in [2.05, 4.69) is 61.0 Å². The van der Waals surface area contributed by atoms with Gasteiger partial charge in [0.25, 0.3) is 8.32 Å². The first-order chi connectivity index (χ1) is 21.2. The maximum atomic E-state index is 17.1. The smallest absolute Gasteiger partial charge is 0.261 e. The van der Waals surface area contributed by atoms with Crippen LogP contribution in [-0.2, 0) is 10.8 Å². The Morgan fingerprint density at radius 1 is 0.911 bits per heavy atom. The van der Waals surface area contributed by atoms with Crippen molar-refractivity contribution < 1.29 is 17.6 Å². The molecule has 0 saturated carbocycles. The second-order valence-corrected chi connectivity index (χ2v) is 18.8. The Labute approximate surface area is 274 Å². The summed E-state index contributed by atoms with van der Waals surface area (Å²) in [4.78, 5) is 1.89. The molecule has 0 aromatic heterocycles. The Morgan fingerprint density at radius 3 is 1.96 bits per heavy atom. The highest BCUT2D eigenvalue weighted by Gasteiger charge is 2.51. The number of nitrogens with zero attached hydrogens (tertiary/aromatic N) is 1. The van der Waals surface area contributed by atoms with Crippen LogP contribution in [-0.4, -0.2) is 38.1 Å². The van der Waals surface area contributed by atoms with E-state index in [1.807, 2.05) is 61.2 Å². The molecular formula is C37H42BrF3N2OSi. The standard InChI is InChI=1S/C37H42BrF3N2OSi/c1-24-19-30-25(2)33(42)18-17-29(30)35(34-31(39)20-26(38)21-32(34)40)43(24)22-37(6,41)23-44-45(36(3,4)5,27-13-9-7-10-14-27)28-15-11-8-12-16-28/h7-18,20-21,24,35H,19,22-23,42H2,1-6H3/t24-,35+,37?/m1/s1. The Bertz CT molecular complexity index is 1600. The maximum absolute atomic E-state index is 17.1. The van der Waals surface area contributed by atoms with Crippen LogP contribution >= 0.6 is 15.9 Å². The van der Waals surface area contributed by atoms with Crippen molar-refractivity contribution in [2.75, 3.05) is 18.9 Å². The van der Waals surface area contributed by atoms with Crippen LogP contribution in [0.2, 0.25) is 5.04 Å². The van der Waals surface area contributed by atoms with Crippen molar-refractivity contribution in [3.05, 3.63) is 123 Å². The minimum Gasteiger partial charge on any atom is -0.404 e. The lowest BCUT2D eigenvalue weighted by Gasteiger charge is -2.47. The van der Waals surface area contributed by atoms with Crippen molar-refractivity contribution in [1.29, 1.82) is 0 Å². The molecule has 1 heterocycles. The molecule has 0 aliphatic carbocycles. The number of nitrogen functional groups attached to an aromatic ring is 1. The molecular weight excluding hydrogens is 653 g/mol. The van der Waals surface area contributed by atoms with E-state index in [9.17, 15) is 0 Å². The number of alkyl halides is 1. The number of benzene rings is 4. The van der Waals surface area contributed by atoms with E-state index < -0.39 is 31.7 Å². The van der Waals surface area contributed by atoms with Crippen LogP contribution in [0.3, 0.4) is 0 Å². The van der Waals surface area contributed by atoms with Crippen molar-refractivity contribution in [1.82, 2.24) is 4.90 Å². The molecule has 238 valence electrons. The van der Waals surface area contributed by atoms with E-state index in [0.717, 1.165) is 27.1 Å². The van der Waals surface area contributed by atoms with E-state index in [1.165, 1.54) is 19.1 Å². The molecule has 0 saturated heterocycles. The predicted octanol–water partition coefficient (Wildman–Crippen LogP) is 8.26. The van der Waals surface area contributed by atoms with Crippen molar-refractivity contribution in [3.63, 3.8) is 0 Å². The lowest BCUT2D eigenvalue weighted by atomic mass is 9.81. The van der Waals surface area contributed by atoms with E-state index in [1.54, 1.807) is 6.07 Å². The van der Waals surface area contributed by atoms with Crippen molar-refractivity contribution in [3.8, 4) is 0 Å². The molecule has 1 aliphatic heterocycles. The molecule has 3 nitrogen and oxygen atoms in total. The molecule has 0 bridgehead atoms. The largest absolute Gasteiger partial charge is 0.404 e. The third-order valence-corrected chi connectivity index (χ3v) is 14.6. The minimum atomic E-state index is -3.02. The van der Waals surface area contributed by atoms with Gasteiger partial charge in [0, 0.05) is 28.3 Å². The predicted molar refractivity (Wildman–Crippen MR) is 184 cm³/mol. The van der Waals surface area contributed by atoms with Gasteiger partial charge in [-0.2, -0.15) is 0 Å². The van der Waals surface area contributed by atoms with Gasteiger partial charge in [0.1, 0.15) is 17.3 Å². The van der Waals surface area contributed by atoms with Crippen LogP contribution < -0.4 is 16.1 Å². The summed E-state index contributed by atoms with van der Waals surface area (Å²) in [7, 11) is -3.02. The van der Waals surface area contributed by atoms with Gasteiger partial charge in [-0.1, -0.05) is 103 Å². The molecule has 0 fully saturated rings. The SMILES string of the molecule is Cc1c(N)ccc2c1C[C@@H](C)N(CC(C)(F)CO[Si](c1ccccc1)(c1ccccc1)C(C)(C)C)[C@@H]2c1c(F)cc(Br)cc1F. The number of hydrogen-bond donors (Lipinski definition) is 1. The Morgan fingerprint density at radius 2 is 1.44 bits per heavy atom. The van der Waals surface area contributed by atoms with Crippen LogP contribution in [0.25, 0.3) is 0 Å². The Balaban J connectivity index is 1.57. The number of hydrogen-bond acceptors (Lipinski definition) is 3. The summed E-state index contributed by atoms with van der Waals surface area (Å²) >= 11 is 3.21. The van der Waals surface area contributed by atoms with Gasteiger partial charge in [-0.25, -0.2) is 13.2 Å². The molecule has 1 aliphatic rings. The van der Waals surface area contributed by atoms with Crippen molar-refractivity contribution in [2.24, 2.45) is 0 Å². The fourth-order valence-corrected chi connectivity index (χ4v) is 12.1. The zero-order chi connectivity index (χ0) is 32.7. The minimum absolute atomic E-state index is 0.0884. The summed E-state index contributed by atoms with van der Waals surface area (Å²) < 4.78 is 55.8. The molecule has 4 aromatic rings. The van der Waals surface area contributed by atoms with Crippen molar-refractivity contribution >= 4 is 40.3 Å². The summed E-state index contributed by atoms with van der Waals surface area (Å²) in [6.45, 7) is 11.6. The lowest BCUT2D eigenvalue weighted by Crippen LogP contribution is -2.67. The fourth-order valence-electron chi connectivity index (χ4n) is 7.00. The highest BCUT2D eigenvalue weighted by atomic mass is 79.9. The molecule has 2 N–H and O–H groups in total. The van der Waals surface area contributed by atoms with Crippen LogP contribution in [0.4, 0.5) is 18.9 Å². The van der Waals surface area contributed by atoms with Crippen LogP contribution in [0.15, 0.2) is 89.4 Å². The molecule has 8 heteroatoms. The van der Waals surface area contributed by atoms with Crippen LogP contribution in [0.1, 0.15) is 62.9 Å². The van der Waals surface area contributed by atoms with E-state index >= 15 is 13.2 Å². The zero-order valence-corrected chi connectivity index (χ0v) is 29.4. The van der Waals surface area contributed by atoms with E-state index in [4.69, 9.17) is 10.2 Å². The van der Waals surface area contributed by atoms with Crippen LogP contribution in [0, 0.1) is 18.6 Å². The Kier molecular flexibility index (Phi) is 9.44. The summed E-state index contributed by atoms with van der Waals surface area (Å²) in [5, 5.41) is 1.79. The summed E-state index contributed by atoms with van der Waals surface area (Å²) in [5.41, 5.74) is 7.51. The Hall–Kier alpha value is -2.91. The molecule has 0 amide bonds. The van der Waals surface area contributed by atoms with Gasteiger partial charge < -0.3 is 10.2 Å². The average molecular weight is 696 g/mol. The maximum Gasteiger partial charge on any atom is 0.261 e. The van der Waals surface area contributed by atoms with Gasteiger partial charge >= 0.3 is 0 Å². The normalized spacial score (nSPS) is 18.8. The summed E-state index contributed by atoms with van der Waals surface area (Å²) in [6.07, 6.45) is 0.577. The third-order valence-electron chi connectivity index (χ3n) is 9.20. The molecule has 45 heavy (non-hydrogen) atoms. The second-order valence-electron chi connectivity index (χ2n) is 13.6. The lowest BCUT2D eigenvalue weighted by molar-refractivity contribution is 0.0212. The number of nitrogens with two attached hydrogens (primary N) is 1. The molecule has 3 atom stereocenters. The third kappa shape index (κ3) is 6.39. The van der Waals surface area contributed by atoms with Gasteiger partial charge in [-0.05, 0) is 77.5 Å². The van der Waals surface area contributed by atoms with Gasteiger partial charge in [0.05, 0.1) is 12.6 Å². The van der Waals surface area contributed by atoms with Crippen LogP contribution in [0.5, 0.6) is 0 Å². The molecule has 5 rings (SSSR count). The number of anilines is 1. The topological polar surface area (TPSA) is 38.5 Å². The molecule has 4 aromatic carbocycles. The van der Waals surface area contributed by atoms with Gasteiger partial charge in [-0.15, -0.1) is 0 Å². The highest BCUT2D eigenvalue weighted by Crippen LogP contribution is 2.44. The van der Waals surface area contributed by atoms with Crippen molar-refractivity contribution in [2.45, 2.75) is 70.8 Å². The average Bonchev–Trinajstić information content (AvgIpc) is 2.97.